The quantitative estimate of drug-likeness (QED) is 0.800. The molecule has 0 radical (unpaired) electrons. The number of hydrogen-bond acceptors (Lipinski definition) is 2. The molecule has 3 unspecified atom stereocenters. The fraction of sp³-hybridized carbons (Fsp3) is 0.300. The van der Waals surface area contributed by atoms with E-state index in [9.17, 15) is 9.59 Å². The molecular weight excluding hydrogens is 272 g/mol. The largest absolute Gasteiger partial charge is 0.298 e. The van der Waals surface area contributed by atoms with Gasteiger partial charge in [0, 0.05) is 17.3 Å². The molecule has 110 valence electrons. The normalized spacial score (nSPS) is 31.2. The van der Waals surface area contributed by atoms with E-state index in [0.29, 0.717) is 11.7 Å². The maximum absolute atomic E-state index is 12.2. The number of allylic oxidation sites excluding steroid dienone is 6. The number of fused-ring (bicyclic) bond motifs is 2. The molecule has 2 nitrogen and oxygen atoms in total. The third-order valence-electron chi connectivity index (χ3n) is 5.31. The highest BCUT2D eigenvalue weighted by Crippen LogP contribution is 2.47. The fourth-order valence-corrected chi connectivity index (χ4v) is 4.16. The van der Waals surface area contributed by atoms with Gasteiger partial charge in [-0.3, -0.25) is 9.59 Å². The third-order valence-corrected chi connectivity index (χ3v) is 5.31. The molecule has 0 saturated heterocycles. The first kappa shape index (κ1) is 13.4. The SMILES string of the molecule is O=C1C=CC(CC2CC3C=CC2C3=O)(c2ccccc2)C=C1. The molecule has 1 fully saturated rings. The minimum Gasteiger partial charge on any atom is -0.298 e. The molecule has 3 aliphatic carbocycles. The summed E-state index contributed by atoms with van der Waals surface area (Å²) in [6.07, 6.45) is 13.3. The molecule has 0 N–H and O–H groups in total. The Bertz CT molecular complexity index is 692. The second kappa shape index (κ2) is 4.91. The molecule has 0 aliphatic heterocycles. The smallest absolute Gasteiger partial charge is 0.178 e. The number of carbonyl (C=O) groups is 2. The highest BCUT2D eigenvalue weighted by Gasteiger charge is 2.46. The van der Waals surface area contributed by atoms with Gasteiger partial charge in [-0.2, -0.15) is 0 Å². The van der Waals surface area contributed by atoms with Crippen molar-refractivity contribution in [3.8, 4) is 0 Å². The van der Waals surface area contributed by atoms with Crippen LogP contribution in [0.1, 0.15) is 18.4 Å². The Labute approximate surface area is 130 Å². The van der Waals surface area contributed by atoms with Gasteiger partial charge < -0.3 is 0 Å². The highest BCUT2D eigenvalue weighted by atomic mass is 16.1. The van der Waals surface area contributed by atoms with Gasteiger partial charge in [0.2, 0.25) is 0 Å². The number of rotatable bonds is 3. The van der Waals surface area contributed by atoms with Crippen LogP contribution >= 0.6 is 0 Å². The predicted molar refractivity (Wildman–Crippen MR) is 85.3 cm³/mol. The zero-order chi connectivity index (χ0) is 15.2. The number of Topliss-reactive ketones (excluding diaryl/α,β-unsaturated/α-hetero) is 1. The van der Waals surface area contributed by atoms with E-state index in [0.717, 1.165) is 12.8 Å². The maximum atomic E-state index is 12.2. The first-order chi connectivity index (χ1) is 10.7. The van der Waals surface area contributed by atoms with E-state index in [4.69, 9.17) is 0 Å². The van der Waals surface area contributed by atoms with E-state index in [1.165, 1.54) is 5.56 Å². The van der Waals surface area contributed by atoms with E-state index in [2.05, 4.69) is 24.3 Å². The van der Waals surface area contributed by atoms with Crippen molar-refractivity contribution < 1.29 is 9.59 Å². The Morgan fingerprint density at radius 1 is 1.00 bits per heavy atom. The van der Waals surface area contributed by atoms with Gasteiger partial charge in [-0.1, -0.05) is 54.6 Å². The lowest BCUT2D eigenvalue weighted by Gasteiger charge is -2.34. The standard InChI is InChI=1S/C20H18O2/c21-17-8-10-20(11-9-17,16-4-2-1-3-5-16)13-15-12-14-6-7-18(15)19(14)22/h1-11,14-15,18H,12-13H2. The second-order valence-electron chi connectivity index (χ2n) is 6.59. The van der Waals surface area contributed by atoms with Crippen LogP contribution in [0.2, 0.25) is 0 Å². The maximum Gasteiger partial charge on any atom is 0.178 e. The minimum atomic E-state index is -0.265. The van der Waals surface area contributed by atoms with Crippen LogP contribution in [0.15, 0.2) is 66.8 Å². The number of ketones is 2. The summed E-state index contributed by atoms with van der Waals surface area (Å²) in [5.41, 5.74) is 0.924. The van der Waals surface area contributed by atoms with Crippen LogP contribution in [0.25, 0.3) is 0 Å². The van der Waals surface area contributed by atoms with Crippen LogP contribution in [0.3, 0.4) is 0 Å². The van der Waals surface area contributed by atoms with E-state index in [1.54, 1.807) is 12.2 Å². The summed E-state index contributed by atoms with van der Waals surface area (Å²) < 4.78 is 0. The van der Waals surface area contributed by atoms with Crippen LogP contribution in [-0.2, 0) is 15.0 Å². The third kappa shape index (κ3) is 2.02. The molecule has 2 heteroatoms. The molecule has 2 bridgehead atoms. The summed E-state index contributed by atoms with van der Waals surface area (Å²) in [4.78, 5) is 23.7. The lowest BCUT2D eigenvalue weighted by atomic mass is 9.69. The van der Waals surface area contributed by atoms with Gasteiger partial charge >= 0.3 is 0 Å². The molecular formula is C20H18O2. The van der Waals surface area contributed by atoms with Crippen LogP contribution in [0.4, 0.5) is 0 Å². The van der Waals surface area contributed by atoms with E-state index >= 15 is 0 Å². The van der Waals surface area contributed by atoms with Crippen molar-refractivity contribution in [1.29, 1.82) is 0 Å². The number of benzene rings is 1. The van der Waals surface area contributed by atoms with Gasteiger partial charge in [0.25, 0.3) is 0 Å². The first-order valence-corrected chi connectivity index (χ1v) is 7.88. The van der Waals surface area contributed by atoms with E-state index in [-0.39, 0.29) is 23.0 Å². The fourth-order valence-electron chi connectivity index (χ4n) is 4.16. The van der Waals surface area contributed by atoms with Crippen molar-refractivity contribution in [1.82, 2.24) is 0 Å². The summed E-state index contributed by atoms with van der Waals surface area (Å²) >= 11 is 0. The molecule has 3 aliphatic rings. The predicted octanol–water partition coefficient (Wildman–Crippen LogP) is 3.40. The molecule has 1 saturated carbocycles. The van der Waals surface area contributed by atoms with Crippen molar-refractivity contribution in [2.45, 2.75) is 18.3 Å². The van der Waals surface area contributed by atoms with Crippen molar-refractivity contribution in [2.24, 2.45) is 17.8 Å². The average molecular weight is 290 g/mol. The summed E-state index contributed by atoms with van der Waals surface area (Å²) in [6.45, 7) is 0. The number of carbonyl (C=O) groups excluding carboxylic acids is 2. The van der Waals surface area contributed by atoms with Crippen LogP contribution in [0.5, 0.6) is 0 Å². The Morgan fingerprint density at radius 2 is 1.73 bits per heavy atom. The zero-order valence-electron chi connectivity index (χ0n) is 12.3. The minimum absolute atomic E-state index is 0.0375. The van der Waals surface area contributed by atoms with Crippen LogP contribution in [-0.4, -0.2) is 11.6 Å². The van der Waals surface area contributed by atoms with Gasteiger partial charge in [-0.15, -0.1) is 0 Å². The van der Waals surface area contributed by atoms with E-state index < -0.39 is 0 Å². The molecule has 3 atom stereocenters. The van der Waals surface area contributed by atoms with Crippen molar-refractivity contribution in [2.75, 3.05) is 0 Å². The first-order valence-electron chi connectivity index (χ1n) is 7.88. The van der Waals surface area contributed by atoms with Crippen molar-refractivity contribution in [3.63, 3.8) is 0 Å². The van der Waals surface area contributed by atoms with Gasteiger partial charge in [-0.05, 0) is 36.5 Å². The van der Waals surface area contributed by atoms with Gasteiger partial charge in [0.15, 0.2) is 5.78 Å². The van der Waals surface area contributed by atoms with Gasteiger partial charge in [0.1, 0.15) is 5.78 Å². The molecule has 0 amide bonds. The number of hydrogen-bond donors (Lipinski definition) is 0. The highest BCUT2D eigenvalue weighted by molar-refractivity contribution is 6.00. The summed E-state index contributed by atoms with van der Waals surface area (Å²) in [7, 11) is 0. The van der Waals surface area contributed by atoms with E-state index in [1.807, 2.05) is 30.4 Å². The van der Waals surface area contributed by atoms with Crippen molar-refractivity contribution in [3.05, 3.63) is 72.4 Å². The second-order valence-corrected chi connectivity index (χ2v) is 6.59. The van der Waals surface area contributed by atoms with Crippen molar-refractivity contribution >= 4 is 11.6 Å². The summed E-state index contributed by atoms with van der Waals surface area (Å²) in [5.74, 6) is 0.986. The topological polar surface area (TPSA) is 34.1 Å². The summed E-state index contributed by atoms with van der Waals surface area (Å²) in [6, 6.07) is 10.3. The lowest BCUT2D eigenvalue weighted by Crippen LogP contribution is -2.29. The molecule has 0 aromatic heterocycles. The molecule has 0 spiro atoms. The zero-order valence-corrected chi connectivity index (χ0v) is 12.3. The molecule has 22 heavy (non-hydrogen) atoms. The monoisotopic (exact) mass is 290 g/mol. The molecule has 1 aromatic carbocycles. The van der Waals surface area contributed by atoms with Gasteiger partial charge in [0.05, 0.1) is 0 Å². The Morgan fingerprint density at radius 3 is 2.32 bits per heavy atom. The van der Waals surface area contributed by atoms with Crippen LogP contribution in [0, 0.1) is 17.8 Å². The molecule has 1 aromatic rings. The Balaban J connectivity index is 1.69. The Kier molecular flexibility index (Phi) is 3.00. The molecule has 0 heterocycles. The van der Waals surface area contributed by atoms with Gasteiger partial charge in [-0.25, -0.2) is 0 Å². The molecule has 4 rings (SSSR count). The lowest BCUT2D eigenvalue weighted by molar-refractivity contribution is -0.121. The Hall–Kier alpha value is -2.22. The average Bonchev–Trinajstić information content (AvgIpc) is 3.05. The van der Waals surface area contributed by atoms with Crippen LogP contribution < -0.4 is 0 Å². The summed E-state index contributed by atoms with van der Waals surface area (Å²) in [5, 5.41) is 0.